The molecule has 14 heteroatoms. The van der Waals surface area contributed by atoms with Crippen molar-refractivity contribution in [3.05, 3.63) is 107 Å². The average Bonchev–Trinajstić information content (AvgIpc) is 3.01. The fourth-order valence-corrected chi connectivity index (χ4v) is 5.84. The van der Waals surface area contributed by atoms with Crippen molar-refractivity contribution in [3.63, 3.8) is 0 Å². The molecule has 3 aromatic rings. The number of carboxylic acids is 1. The standard InChI is InChI=1S/C33H35F6N3O5/c1-19(29(41)45)15-25(40)31(47)42(2,30(46)22-16-23(32(34,35)36)18-24(17-22)33(37,38)39)26(13-14-27(43)44)28(20-9-5-3-6-10-20)21-11-7-4-8-12-21/h3-12,16-19,25-26,28,31,47H,13-15,40H2,1-2H3,(H2-,41,43,44,45)/p+1/t19?,25-,26?,31?,42?/m0/s1. The molecule has 0 spiro atoms. The number of aliphatic hydroxyl groups is 1. The number of aliphatic carboxylic acids is 1. The molecule has 0 aliphatic heterocycles. The third-order valence-corrected chi connectivity index (χ3v) is 8.36. The minimum Gasteiger partial charge on any atom is -0.481 e. The number of rotatable bonds is 13. The SMILES string of the molecule is CC(C[C@H](N)C(O)[N+](C)(C(=O)c1cc(C(F)(F)F)cc(C(F)(F)F)c1)C(CCC(=O)O)C(c1ccccc1)c1ccccc1)C(N)=O. The highest BCUT2D eigenvalue weighted by Gasteiger charge is 2.53. The van der Waals surface area contributed by atoms with Gasteiger partial charge < -0.3 is 21.7 Å². The zero-order valence-electron chi connectivity index (χ0n) is 25.5. The lowest BCUT2D eigenvalue weighted by atomic mass is 9.80. The van der Waals surface area contributed by atoms with Crippen molar-refractivity contribution in [3.8, 4) is 0 Å². The van der Waals surface area contributed by atoms with E-state index in [1.165, 1.54) is 6.92 Å². The van der Waals surface area contributed by atoms with E-state index in [-0.39, 0.29) is 31.0 Å². The van der Waals surface area contributed by atoms with Crippen LogP contribution in [-0.4, -0.2) is 57.8 Å². The van der Waals surface area contributed by atoms with E-state index in [0.29, 0.717) is 11.1 Å². The van der Waals surface area contributed by atoms with Crippen molar-refractivity contribution in [1.82, 2.24) is 0 Å². The molecule has 0 saturated carbocycles. The predicted octanol–water partition coefficient (Wildman–Crippen LogP) is 5.53. The molecule has 0 radical (unpaired) electrons. The molecule has 8 nitrogen and oxygen atoms in total. The Balaban J connectivity index is 2.42. The normalized spacial score (nSPS) is 16.1. The van der Waals surface area contributed by atoms with Crippen molar-refractivity contribution in [2.45, 2.75) is 62.8 Å². The Kier molecular flexibility index (Phi) is 11.6. The number of aliphatic hydroxyl groups excluding tert-OH is 1. The summed E-state index contributed by atoms with van der Waals surface area (Å²) in [7, 11) is 1.10. The van der Waals surface area contributed by atoms with E-state index in [0.717, 1.165) is 7.05 Å². The van der Waals surface area contributed by atoms with Gasteiger partial charge in [0.2, 0.25) is 12.1 Å². The van der Waals surface area contributed by atoms with Crippen LogP contribution in [0, 0.1) is 5.92 Å². The molecule has 254 valence electrons. The Morgan fingerprint density at radius 2 is 1.28 bits per heavy atom. The van der Waals surface area contributed by atoms with E-state index in [9.17, 15) is 50.9 Å². The molecule has 5 atom stereocenters. The smallest absolute Gasteiger partial charge is 0.416 e. The fraction of sp³-hybridized carbons (Fsp3) is 0.364. The molecule has 0 aromatic heterocycles. The highest BCUT2D eigenvalue weighted by molar-refractivity contribution is 5.90. The first-order valence-electron chi connectivity index (χ1n) is 14.5. The number of nitrogens with zero attached hydrogens (tertiary/aromatic N) is 1. The molecule has 0 aliphatic rings. The molecule has 0 saturated heterocycles. The van der Waals surface area contributed by atoms with Crippen molar-refractivity contribution >= 4 is 17.8 Å². The zero-order chi connectivity index (χ0) is 35.3. The van der Waals surface area contributed by atoms with Crippen LogP contribution in [0.4, 0.5) is 26.3 Å². The predicted molar refractivity (Wildman–Crippen MR) is 159 cm³/mol. The maximum Gasteiger partial charge on any atom is 0.416 e. The molecule has 4 unspecified atom stereocenters. The molecule has 6 N–H and O–H groups in total. The molecule has 47 heavy (non-hydrogen) atoms. The number of carbonyl (C=O) groups is 3. The first-order valence-corrected chi connectivity index (χ1v) is 14.5. The van der Waals surface area contributed by atoms with Gasteiger partial charge >= 0.3 is 24.2 Å². The van der Waals surface area contributed by atoms with Gasteiger partial charge in [0, 0.05) is 12.3 Å². The van der Waals surface area contributed by atoms with Crippen LogP contribution < -0.4 is 11.5 Å². The molecule has 0 heterocycles. The van der Waals surface area contributed by atoms with Crippen LogP contribution in [0.1, 0.15) is 64.7 Å². The summed E-state index contributed by atoms with van der Waals surface area (Å²) in [5.41, 5.74) is 8.17. The van der Waals surface area contributed by atoms with Crippen molar-refractivity contribution < 1.29 is 55.4 Å². The van der Waals surface area contributed by atoms with Crippen LogP contribution in [0.15, 0.2) is 78.9 Å². The molecule has 3 rings (SSSR count). The van der Waals surface area contributed by atoms with Gasteiger partial charge in [0.1, 0.15) is 6.04 Å². The lowest BCUT2D eigenvalue weighted by Crippen LogP contribution is -2.68. The van der Waals surface area contributed by atoms with Crippen LogP contribution in [-0.2, 0) is 21.9 Å². The first kappa shape index (κ1) is 37.2. The minimum absolute atomic E-state index is 0.128. The number of benzene rings is 3. The monoisotopic (exact) mass is 668 g/mol. The Morgan fingerprint density at radius 1 is 0.830 bits per heavy atom. The molecule has 0 bridgehead atoms. The number of primary amides is 1. The van der Waals surface area contributed by atoms with Gasteiger partial charge in [-0.25, -0.2) is 9.28 Å². The van der Waals surface area contributed by atoms with E-state index in [1.54, 1.807) is 60.7 Å². The summed E-state index contributed by atoms with van der Waals surface area (Å²) in [5.74, 6) is -5.40. The molecule has 3 aromatic carbocycles. The number of quaternary nitrogens is 1. The lowest BCUT2D eigenvalue weighted by molar-refractivity contribution is -0.905. The number of nitrogens with two attached hydrogens (primary N) is 2. The van der Waals surface area contributed by atoms with Gasteiger partial charge in [0.25, 0.3) is 0 Å². The summed E-state index contributed by atoms with van der Waals surface area (Å²) in [6, 6.07) is 14.2. The summed E-state index contributed by atoms with van der Waals surface area (Å²) in [4.78, 5) is 38.4. The number of amides is 2. The number of hydrogen-bond donors (Lipinski definition) is 4. The summed E-state index contributed by atoms with van der Waals surface area (Å²) >= 11 is 0. The largest absolute Gasteiger partial charge is 0.481 e. The Labute approximate surface area is 267 Å². The van der Waals surface area contributed by atoms with Crippen LogP contribution >= 0.6 is 0 Å². The van der Waals surface area contributed by atoms with Gasteiger partial charge in [-0.15, -0.1) is 0 Å². The first-order chi connectivity index (χ1) is 21.8. The topological polar surface area (TPSA) is 144 Å². The second-order valence-corrected chi connectivity index (χ2v) is 11.7. The van der Waals surface area contributed by atoms with Gasteiger partial charge in [0.05, 0.1) is 42.1 Å². The van der Waals surface area contributed by atoms with Gasteiger partial charge in [-0.05, 0) is 35.7 Å². The lowest BCUT2D eigenvalue weighted by Gasteiger charge is -2.47. The number of likely N-dealkylation sites (N-methyl/N-ethyl adjacent to an activating group) is 1. The highest BCUT2D eigenvalue weighted by atomic mass is 19.4. The van der Waals surface area contributed by atoms with Crippen molar-refractivity contribution in [1.29, 1.82) is 0 Å². The van der Waals surface area contributed by atoms with Crippen LogP contribution in [0.25, 0.3) is 0 Å². The fourth-order valence-electron chi connectivity index (χ4n) is 5.84. The van der Waals surface area contributed by atoms with Gasteiger partial charge in [0.15, 0.2) is 0 Å². The van der Waals surface area contributed by atoms with Gasteiger partial charge in [-0.1, -0.05) is 67.6 Å². The van der Waals surface area contributed by atoms with Crippen LogP contribution in [0.3, 0.4) is 0 Å². The quantitative estimate of drug-likeness (QED) is 0.107. The Hall–Kier alpha value is -4.27. The number of carbonyl (C=O) groups excluding carboxylic acids is 2. The Morgan fingerprint density at radius 3 is 1.66 bits per heavy atom. The second kappa shape index (κ2) is 14.7. The summed E-state index contributed by atoms with van der Waals surface area (Å²) in [6.45, 7) is 1.39. The van der Waals surface area contributed by atoms with E-state index in [1.807, 2.05) is 0 Å². The van der Waals surface area contributed by atoms with Crippen LogP contribution in [0.2, 0.25) is 0 Å². The third kappa shape index (κ3) is 8.76. The third-order valence-electron chi connectivity index (χ3n) is 8.36. The number of hydrogen-bond acceptors (Lipinski definition) is 5. The Bertz CT molecular complexity index is 1480. The number of alkyl halides is 6. The summed E-state index contributed by atoms with van der Waals surface area (Å²) < 4.78 is 81.9. The summed E-state index contributed by atoms with van der Waals surface area (Å²) in [6.07, 6.45) is -13.9. The second-order valence-electron chi connectivity index (χ2n) is 11.7. The molecule has 0 aliphatic carbocycles. The number of carboxylic acid groups (broad SMARTS) is 1. The maximum absolute atomic E-state index is 14.6. The highest BCUT2D eigenvalue weighted by Crippen LogP contribution is 2.42. The van der Waals surface area contributed by atoms with Crippen LogP contribution in [0.5, 0.6) is 0 Å². The van der Waals surface area contributed by atoms with E-state index in [2.05, 4.69) is 0 Å². The van der Waals surface area contributed by atoms with Gasteiger partial charge in [-0.3, -0.25) is 9.59 Å². The maximum atomic E-state index is 14.6. The number of halogens is 6. The van der Waals surface area contributed by atoms with E-state index in [4.69, 9.17) is 11.5 Å². The minimum atomic E-state index is -5.29. The van der Waals surface area contributed by atoms with E-state index >= 15 is 0 Å². The molecule has 2 amide bonds. The molecular weight excluding hydrogens is 632 g/mol. The molecular formula is C33H36F6N3O5+. The zero-order valence-corrected chi connectivity index (χ0v) is 25.5. The average molecular weight is 669 g/mol. The van der Waals surface area contributed by atoms with E-state index < -0.39 is 87.9 Å². The summed E-state index contributed by atoms with van der Waals surface area (Å²) in [5, 5.41) is 21.6. The molecule has 0 fully saturated rings. The van der Waals surface area contributed by atoms with Crippen molar-refractivity contribution in [2.24, 2.45) is 17.4 Å². The van der Waals surface area contributed by atoms with Crippen molar-refractivity contribution in [2.75, 3.05) is 7.05 Å². The van der Waals surface area contributed by atoms with Gasteiger partial charge in [-0.2, -0.15) is 26.3 Å².